The zero-order valence-corrected chi connectivity index (χ0v) is 18.3. The second-order valence-electron chi connectivity index (χ2n) is 8.71. The Morgan fingerprint density at radius 3 is 2.06 bits per heavy atom. The van der Waals surface area contributed by atoms with Gasteiger partial charge in [0.2, 0.25) is 0 Å². The summed E-state index contributed by atoms with van der Waals surface area (Å²) in [7, 11) is 0. The molecule has 5 aromatic rings. The molecule has 0 aliphatic heterocycles. The molecule has 0 fully saturated rings. The van der Waals surface area contributed by atoms with E-state index in [1.807, 2.05) is 6.08 Å². The highest BCUT2D eigenvalue weighted by atomic mass is 15.1. The summed E-state index contributed by atoms with van der Waals surface area (Å²) in [5.41, 5.74) is 8.94. The van der Waals surface area contributed by atoms with E-state index < -0.39 is 0 Å². The lowest BCUT2D eigenvalue weighted by Gasteiger charge is -2.30. The van der Waals surface area contributed by atoms with Crippen molar-refractivity contribution >= 4 is 44.7 Å². The Bertz CT molecular complexity index is 1470. The van der Waals surface area contributed by atoms with Crippen LogP contribution in [0.2, 0.25) is 0 Å². The lowest BCUT2D eigenvalue weighted by molar-refractivity contribution is 0.964. The molecule has 0 saturated carbocycles. The maximum Gasteiger partial charge on any atom is 0.0500 e. The van der Waals surface area contributed by atoms with Gasteiger partial charge >= 0.3 is 0 Å². The van der Waals surface area contributed by atoms with Gasteiger partial charge in [-0.25, -0.2) is 0 Å². The van der Waals surface area contributed by atoms with Crippen LogP contribution in [0.25, 0.3) is 27.6 Å². The molecule has 0 atom stereocenters. The SMILES string of the molecule is C=Cc1ccc(N(c2ccc(C)cc2)c2ccc3ccc4cccc5c4c3c2CC5)cc1. The molecule has 154 valence electrons. The predicted octanol–water partition coefficient (Wildman–Crippen LogP) is 8.51. The van der Waals surface area contributed by atoms with Crippen LogP contribution in [0.3, 0.4) is 0 Å². The highest BCUT2D eigenvalue weighted by molar-refractivity contribution is 6.13. The molecule has 1 nitrogen and oxygen atoms in total. The van der Waals surface area contributed by atoms with Crippen LogP contribution >= 0.6 is 0 Å². The van der Waals surface area contributed by atoms with Crippen molar-refractivity contribution in [2.45, 2.75) is 19.8 Å². The van der Waals surface area contributed by atoms with Crippen LogP contribution in [0.15, 0.2) is 97.6 Å². The number of benzene rings is 5. The maximum atomic E-state index is 3.91. The van der Waals surface area contributed by atoms with Gasteiger partial charge in [0.1, 0.15) is 0 Å². The van der Waals surface area contributed by atoms with E-state index in [1.54, 1.807) is 0 Å². The average molecular weight is 412 g/mol. The van der Waals surface area contributed by atoms with Crippen LogP contribution in [0, 0.1) is 6.92 Å². The lowest BCUT2D eigenvalue weighted by Crippen LogP contribution is -2.14. The summed E-state index contributed by atoms with van der Waals surface area (Å²) < 4.78 is 0. The molecule has 1 heteroatoms. The quantitative estimate of drug-likeness (QED) is 0.268. The lowest BCUT2D eigenvalue weighted by atomic mass is 9.85. The standard InChI is InChI=1S/C31H25N/c1-3-22-9-17-27(18-10-22)32(26-15-7-21(2)8-16-26)29-20-14-25-12-11-23-5-4-6-24-13-19-28(29)31(25)30(23)24/h3-12,14-18,20H,1,13,19H2,2H3. The Labute approximate surface area is 189 Å². The summed E-state index contributed by atoms with van der Waals surface area (Å²) in [4.78, 5) is 2.41. The summed E-state index contributed by atoms with van der Waals surface area (Å²) in [5, 5.41) is 5.51. The van der Waals surface area contributed by atoms with Gasteiger partial charge in [-0.05, 0) is 88.3 Å². The van der Waals surface area contributed by atoms with Crippen molar-refractivity contribution in [3.8, 4) is 0 Å². The summed E-state index contributed by atoms with van der Waals surface area (Å²) in [5.74, 6) is 0. The van der Waals surface area contributed by atoms with Crippen LogP contribution in [-0.4, -0.2) is 0 Å². The number of rotatable bonds is 4. The first kappa shape index (κ1) is 18.9. The van der Waals surface area contributed by atoms with E-state index in [9.17, 15) is 0 Å². The van der Waals surface area contributed by atoms with E-state index in [4.69, 9.17) is 0 Å². The van der Waals surface area contributed by atoms with Gasteiger partial charge < -0.3 is 4.90 Å². The maximum absolute atomic E-state index is 3.91. The second-order valence-corrected chi connectivity index (χ2v) is 8.71. The van der Waals surface area contributed by atoms with Gasteiger partial charge in [-0.3, -0.25) is 0 Å². The van der Waals surface area contributed by atoms with E-state index in [0.29, 0.717) is 0 Å². The Morgan fingerprint density at radius 1 is 0.688 bits per heavy atom. The Balaban J connectivity index is 1.65. The molecule has 0 radical (unpaired) electrons. The first-order chi connectivity index (χ1) is 15.7. The molecule has 0 unspecified atom stereocenters. The van der Waals surface area contributed by atoms with E-state index in [0.717, 1.165) is 18.4 Å². The number of hydrogen-bond donors (Lipinski definition) is 0. The molecule has 0 N–H and O–H groups in total. The fourth-order valence-electron chi connectivity index (χ4n) is 5.14. The van der Waals surface area contributed by atoms with E-state index >= 15 is 0 Å². The van der Waals surface area contributed by atoms with E-state index in [1.165, 1.54) is 55.3 Å². The molecule has 0 aromatic heterocycles. The van der Waals surface area contributed by atoms with Gasteiger partial charge in [-0.1, -0.05) is 78.9 Å². The van der Waals surface area contributed by atoms with Crippen LogP contribution in [0.4, 0.5) is 17.1 Å². The predicted molar refractivity (Wildman–Crippen MR) is 138 cm³/mol. The fraction of sp³-hybridized carbons (Fsp3) is 0.0968. The van der Waals surface area contributed by atoms with Gasteiger partial charge in [0.15, 0.2) is 0 Å². The number of anilines is 3. The largest absolute Gasteiger partial charge is 0.310 e. The van der Waals surface area contributed by atoms with Crippen molar-refractivity contribution in [2.24, 2.45) is 0 Å². The van der Waals surface area contributed by atoms with Crippen molar-refractivity contribution < 1.29 is 0 Å². The Hall–Kier alpha value is -3.84. The zero-order chi connectivity index (χ0) is 21.7. The molecule has 1 aliphatic rings. The summed E-state index contributed by atoms with van der Waals surface area (Å²) in [6.45, 7) is 6.05. The molecule has 0 spiro atoms. The second kappa shape index (κ2) is 7.39. The molecule has 32 heavy (non-hydrogen) atoms. The minimum atomic E-state index is 1.05. The van der Waals surface area contributed by atoms with E-state index in [2.05, 4.69) is 109 Å². The van der Waals surface area contributed by atoms with Crippen LogP contribution in [-0.2, 0) is 12.8 Å². The summed E-state index contributed by atoms with van der Waals surface area (Å²) in [6, 6.07) is 33.4. The summed E-state index contributed by atoms with van der Waals surface area (Å²) >= 11 is 0. The molecule has 5 aromatic carbocycles. The minimum Gasteiger partial charge on any atom is -0.310 e. The van der Waals surface area contributed by atoms with Gasteiger partial charge in [0, 0.05) is 17.1 Å². The normalized spacial score (nSPS) is 12.4. The van der Waals surface area contributed by atoms with Gasteiger partial charge in [-0.15, -0.1) is 0 Å². The molecule has 1 aliphatic carbocycles. The van der Waals surface area contributed by atoms with Crippen molar-refractivity contribution in [3.05, 3.63) is 120 Å². The minimum absolute atomic E-state index is 1.05. The first-order valence-corrected chi connectivity index (χ1v) is 11.3. The van der Waals surface area contributed by atoms with Crippen LogP contribution in [0.1, 0.15) is 22.3 Å². The molecule has 0 saturated heterocycles. The monoisotopic (exact) mass is 411 g/mol. The number of nitrogens with zero attached hydrogens (tertiary/aromatic N) is 1. The van der Waals surface area contributed by atoms with Crippen molar-refractivity contribution in [1.29, 1.82) is 0 Å². The average Bonchev–Trinajstić information content (AvgIpc) is 2.85. The highest BCUT2D eigenvalue weighted by Gasteiger charge is 2.22. The smallest absolute Gasteiger partial charge is 0.0500 e. The van der Waals surface area contributed by atoms with Crippen molar-refractivity contribution in [3.63, 3.8) is 0 Å². The molecule has 0 amide bonds. The number of aryl methyl sites for hydroxylation is 3. The molecule has 6 rings (SSSR count). The van der Waals surface area contributed by atoms with Crippen LogP contribution in [0.5, 0.6) is 0 Å². The number of hydrogen-bond acceptors (Lipinski definition) is 1. The highest BCUT2D eigenvalue weighted by Crippen LogP contribution is 2.44. The third kappa shape index (κ3) is 2.93. The first-order valence-electron chi connectivity index (χ1n) is 11.3. The van der Waals surface area contributed by atoms with Crippen molar-refractivity contribution in [2.75, 3.05) is 4.90 Å². The van der Waals surface area contributed by atoms with Gasteiger partial charge in [-0.2, -0.15) is 0 Å². The Morgan fingerprint density at radius 2 is 1.34 bits per heavy atom. The molecular weight excluding hydrogens is 386 g/mol. The molecular formula is C31H25N. The van der Waals surface area contributed by atoms with Gasteiger partial charge in [0.05, 0.1) is 0 Å². The zero-order valence-electron chi connectivity index (χ0n) is 18.3. The summed E-state index contributed by atoms with van der Waals surface area (Å²) in [6.07, 6.45) is 4.03. The van der Waals surface area contributed by atoms with E-state index in [-0.39, 0.29) is 0 Å². The fourth-order valence-corrected chi connectivity index (χ4v) is 5.14. The van der Waals surface area contributed by atoms with Gasteiger partial charge in [0.25, 0.3) is 0 Å². The third-order valence-electron chi connectivity index (χ3n) is 6.76. The molecule has 0 heterocycles. The molecule has 0 bridgehead atoms. The van der Waals surface area contributed by atoms with Crippen molar-refractivity contribution in [1.82, 2.24) is 0 Å². The third-order valence-corrected chi connectivity index (χ3v) is 6.76. The van der Waals surface area contributed by atoms with Crippen LogP contribution < -0.4 is 4.90 Å². The topological polar surface area (TPSA) is 3.24 Å². The Kier molecular flexibility index (Phi) is 4.36.